The fourth-order valence-electron chi connectivity index (χ4n) is 7.13. The number of amidine groups is 1. The summed E-state index contributed by atoms with van der Waals surface area (Å²) < 4.78 is 0. The standard InChI is InChI=1S/C51H37N5.C4H10/c1-34(52)26-50-44-24-14-15-25-45(44)55-51(56-50)43-28-39(41-30-46(35-16-6-2-7-17-35)53-47(31-41)36-18-8-3-9-19-36)27-40(29-43)42-32-48(37-20-10-4-11-21-37)54-49(33-42)38-22-12-5-13-23-38;1-3-4-2/h2-33,52H,1H3,(H,55,56);3-4H2,1-2H3/b50-26-,52-34?;. The van der Waals surface area contributed by atoms with Crippen molar-refractivity contribution in [2.75, 3.05) is 0 Å². The summed E-state index contributed by atoms with van der Waals surface area (Å²) in [4.78, 5) is 15.5. The van der Waals surface area contributed by atoms with Crippen molar-refractivity contribution in [2.24, 2.45) is 4.99 Å². The minimum absolute atomic E-state index is 0.454. The lowest BCUT2D eigenvalue weighted by atomic mass is 9.92. The Balaban J connectivity index is 0.00000120. The summed E-state index contributed by atoms with van der Waals surface area (Å²) in [7, 11) is 0. The number of rotatable bonds is 9. The van der Waals surface area contributed by atoms with Crippen molar-refractivity contribution in [3.05, 3.63) is 205 Å². The van der Waals surface area contributed by atoms with Crippen LogP contribution in [0.5, 0.6) is 0 Å². The van der Waals surface area contributed by atoms with E-state index in [1.54, 1.807) is 6.92 Å². The average molecular weight is 778 g/mol. The first-order valence-electron chi connectivity index (χ1n) is 20.6. The molecule has 0 unspecified atom stereocenters. The molecule has 2 N–H and O–H groups in total. The quantitative estimate of drug-likeness (QED) is 0.143. The SMILES string of the molecule is CC(=N)/C=C1\NC(c2cc(-c3cc(-c4ccccc4)nc(-c4ccccc4)c3)cc(-c3cc(-c4ccccc4)nc(-c4ccccc4)c3)c2)=Nc2ccccc21.CCCC. The Labute approximate surface area is 353 Å². The van der Waals surface area contributed by atoms with Gasteiger partial charge in [0.1, 0.15) is 5.84 Å². The van der Waals surface area contributed by atoms with Crippen molar-refractivity contribution < 1.29 is 0 Å². The smallest absolute Gasteiger partial charge is 0.138 e. The zero-order valence-corrected chi connectivity index (χ0v) is 34.2. The Hall–Kier alpha value is -7.50. The Morgan fingerprint density at radius 2 is 0.800 bits per heavy atom. The van der Waals surface area contributed by atoms with Crippen LogP contribution in [0.2, 0.25) is 0 Å². The molecule has 0 radical (unpaired) electrons. The number of benzene rings is 6. The molecule has 1 aliphatic heterocycles. The summed E-state index contributed by atoms with van der Waals surface area (Å²) in [5, 5.41) is 11.9. The van der Waals surface area contributed by atoms with Crippen molar-refractivity contribution in [3.63, 3.8) is 0 Å². The third-order valence-corrected chi connectivity index (χ3v) is 10.3. The van der Waals surface area contributed by atoms with Gasteiger partial charge in [-0.05, 0) is 83.8 Å². The molecule has 8 aromatic rings. The van der Waals surface area contributed by atoms with Gasteiger partial charge in [0.05, 0.1) is 34.2 Å². The molecule has 0 spiro atoms. The lowest BCUT2D eigenvalue weighted by Gasteiger charge is -2.22. The predicted molar refractivity (Wildman–Crippen MR) is 252 cm³/mol. The fourth-order valence-corrected chi connectivity index (χ4v) is 7.13. The zero-order valence-electron chi connectivity index (χ0n) is 34.2. The van der Waals surface area contributed by atoms with Gasteiger partial charge in [-0.2, -0.15) is 0 Å². The van der Waals surface area contributed by atoms with Crippen LogP contribution >= 0.6 is 0 Å². The van der Waals surface area contributed by atoms with E-state index in [1.165, 1.54) is 12.8 Å². The maximum absolute atomic E-state index is 8.33. The Kier molecular flexibility index (Phi) is 12.1. The van der Waals surface area contributed by atoms with Crippen molar-refractivity contribution in [1.82, 2.24) is 15.3 Å². The zero-order chi connectivity index (χ0) is 41.3. The van der Waals surface area contributed by atoms with Gasteiger partial charge in [0.25, 0.3) is 0 Å². The number of hydrogen-bond acceptors (Lipinski definition) is 5. The molecule has 0 bridgehead atoms. The van der Waals surface area contributed by atoms with Crippen LogP contribution in [0.15, 0.2) is 199 Å². The predicted octanol–water partition coefficient (Wildman–Crippen LogP) is 14.3. The minimum Gasteiger partial charge on any atom is -0.339 e. The summed E-state index contributed by atoms with van der Waals surface area (Å²) in [6.07, 6.45) is 4.50. The molecule has 3 heterocycles. The summed E-state index contributed by atoms with van der Waals surface area (Å²) in [6, 6.07) is 64.8. The number of hydrogen-bond donors (Lipinski definition) is 2. The summed E-state index contributed by atoms with van der Waals surface area (Å²) >= 11 is 0. The number of nitrogens with zero attached hydrogens (tertiary/aromatic N) is 3. The number of aliphatic imine (C=N–C) groups is 1. The first-order valence-corrected chi connectivity index (χ1v) is 20.6. The van der Waals surface area contributed by atoms with Crippen LogP contribution in [0.4, 0.5) is 5.69 Å². The van der Waals surface area contributed by atoms with E-state index < -0.39 is 0 Å². The highest BCUT2D eigenvalue weighted by Crippen LogP contribution is 2.37. The molecule has 6 aromatic carbocycles. The number of fused-ring (bicyclic) bond motifs is 1. The summed E-state index contributed by atoms with van der Waals surface area (Å²) in [5.74, 6) is 0.709. The fraction of sp³-hybridized carbons (Fsp3) is 0.0909. The second-order valence-electron chi connectivity index (χ2n) is 14.9. The van der Waals surface area contributed by atoms with Crippen molar-refractivity contribution in [3.8, 4) is 67.3 Å². The number of allylic oxidation sites excluding steroid dienone is 1. The molecule has 60 heavy (non-hydrogen) atoms. The van der Waals surface area contributed by atoms with Gasteiger partial charge in [-0.25, -0.2) is 15.0 Å². The van der Waals surface area contributed by atoms with Crippen LogP contribution in [-0.2, 0) is 0 Å². The van der Waals surface area contributed by atoms with E-state index in [2.05, 4.69) is 159 Å². The molecule has 0 saturated heterocycles. The number of unbranched alkanes of at least 4 members (excludes halogenated alkanes) is 1. The van der Waals surface area contributed by atoms with Gasteiger partial charge >= 0.3 is 0 Å². The topological polar surface area (TPSA) is 74.0 Å². The molecule has 1 aliphatic rings. The monoisotopic (exact) mass is 777 g/mol. The van der Waals surface area contributed by atoms with Crippen LogP contribution in [0.25, 0.3) is 73.0 Å². The van der Waals surface area contributed by atoms with Gasteiger partial charge in [-0.1, -0.05) is 166 Å². The molecule has 2 aromatic heterocycles. The van der Waals surface area contributed by atoms with Crippen molar-refractivity contribution in [1.29, 1.82) is 5.41 Å². The molecular formula is C55H47N5. The molecule has 0 amide bonds. The highest BCUT2D eigenvalue weighted by atomic mass is 15.0. The van der Waals surface area contributed by atoms with Crippen LogP contribution in [0, 0.1) is 5.41 Å². The van der Waals surface area contributed by atoms with E-state index in [4.69, 9.17) is 20.4 Å². The molecule has 0 saturated carbocycles. The highest BCUT2D eigenvalue weighted by molar-refractivity contribution is 6.12. The molecule has 0 atom stereocenters. The molecule has 292 valence electrons. The minimum atomic E-state index is 0.454. The van der Waals surface area contributed by atoms with Crippen LogP contribution in [0.1, 0.15) is 44.7 Å². The van der Waals surface area contributed by atoms with Crippen LogP contribution in [-0.4, -0.2) is 21.5 Å². The second kappa shape index (κ2) is 18.4. The lowest BCUT2D eigenvalue weighted by molar-refractivity contribution is 0.886. The number of aromatic nitrogens is 2. The van der Waals surface area contributed by atoms with E-state index in [0.717, 1.165) is 89.8 Å². The number of para-hydroxylation sites is 1. The Morgan fingerprint density at radius 3 is 1.18 bits per heavy atom. The van der Waals surface area contributed by atoms with E-state index in [-0.39, 0.29) is 0 Å². The Morgan fingerprint density at radius 1 is 0.450 bits per heavy atom. The molecule has 0 aliphatic carbocycles. The van der Waals surface area contributed by atoms with E-state index in [0.29, 0.717) is 11.5 Å². The normalized spacial score (nSPS) is 12.4. The van der Waals surface area contributed by atoms with Gasteiger partial charge in [0.15, 0.2) is 0 Å². The molecule has 5 heteroatoms. The first-order chi connectivity index (χ1) is 29.4. The molecule has 5 nitrogen and oxygen atoms in total. The highest BCUT2D eigenvalue weighted by Gasteiger charge is 2.20. The first kappa shape index (κ1) is 39.3. The maximum atomic E-state index is 8.33. The van der Waals surface area contributed by atoms with Crippen LogP contribution in [0.3, 0.4) is 0 Å². The van der Waals surface area contributed by atoms with E-state index in [9.17, 15) is 0 Å². The van der Waals surface area contributed by atoms with Gasteiger partial charge in [0, 0.05) is 39.1 Å². The van der Waals surface area contributed by atoms with Gasteiger partial charge in [-0.3, -0.25) is 0 Å². The van der Waals surface area contributed by atoms with Crippen LogP contribution < -0.4 is 5.32 Å². The lowest BCUT2D eigenvalue weighted by Crippen LogP contribution is -2.26. The number of pyridine rings is 2. The molecule has 0 fully saturated rings. The second-order valence-corrected chi connectivity index (χ2v) is 14.9. The van der Waals surface area contributed by atoms with Gasteiger partial charge in [0.2, 0.25) is 0 Å². The average Bonchev–Trinajstić information content (AvgIpc) is 3.32. The Bertz CT molecular complexity index is 2550. The third kappa shape index (κ3) is 9.12. The summed E-state index contributed by atoms with van der Waals surface area (Å²) in [6.45, 7) is 6.15. The van der Waals surface area contributed by atoms with Gasteiger partial charge in [-0.15, -0.1) is 0 Å². The molecule has 9 rings (SSSR count). The van der Waals surface area contributed by atoms with Gasteiger partial charge < -0.3 is 10.7 Å². The van der Waals surface area contributed by atoms with Crippen molar-refractivity contribution >= 4 is 22.9 Å². The van der Waals surface area contributed by atoms with Crippen molar-refractivity contribution in [2.45, 2.75) is 33.6 Å². The maximum Gasteiger partial charge on any atom is 0.138 e. The van der Waals surface area contributed by atoms with E-state index in [1.807, 2.05) is 54.6 Å². The summed E-state index contributed by atoms with van der Waals surface area (Å²) in [5.41, 5.74) is 15.9. The third-order valence-electron chi connectivity index (χ3n) is 10.3. The molecular weight excluding hydrogens is 731 g/mol. The number of nitrogens with one attached hydrogen (secondary N) is 2. The van der Waals surface area contributed by atoms with E-state index >= 15 is 0 Å². The largest absolute Gasteiger partial charge is 0.339 e.